The van der Waals surface area contributed by atoms with Gasteiger partial charge in [-0.05, 0) is 30.0 Å². The van der Waals surface area contributed by atoms with Crippen molar-refractivity contribution in [3.05, 3.63) is 41.5 Å². The van der Waals surface area contributed by atoms with Gasteiger partial charge in [0.15, 0.2) is 11.4 Å². The minimum atomic E-state index is -1.32. The molecule has 2 nitrogen and oxygen atoms in total. The predicted octanol–water partition coefficient (Wildman–Crippen LogP) is 2.66. The first-order valence-electron chi connectivity index (χ1n) is 5.62. The summed E-state index contributed by atoms with van der Waals surface area (Å²) in [5.74, 6) is -0.189. The van der Waals surface area contributed by atoms with Crippen molar-refractivity contribution in [1.82, 2.24) is 0 Å². The molecule has 0 saturated heterocycles. The predicted molar refractivity (Wildman–Crippen MR) is 63.9 cm³/mol. The van der Waals surface area contributed by atoms with Gasteiger partial charge in [-0.3, -0.25) is 4.79 Å². The Balaban J connectivity index is 2.62. The first-order valence-corrected chi connectivity index (χ1v) is 5.62. The lowest BCUT2D eigenvalue weighted by molar-refractivity contribution is -0.135. The van der Waals surface area contributed by atoms with Crippen LogP contribution in [0.1, 0.15) is 37.8 Å². The highest BCUT2D eigenvalue weighted by molar-refractivity contribution is 5.90. The molecule has 2 rings (SSSR count). The first-order chi connectivity index (χ1) is 7.59. The van der Waals surface area contributed by atoms with Crippen LogP contribution in [0.5, 0.6) is 0 Å². The van der Waals surface area contributed by atoms with Crippen molar-refractivity contribution in [2.45, 2.75) is 32.3 Å². The van der Waals surface area contributed by atoms with Crippen molar-refractivity contribution in [2.75, 3.05) is 0 Å². The normalized spacial score (nSPS) is 23.6. The van der Waals surface area contributed by atoms with E-state index in [2.05, 4.69) is 6.92 Å². The number of Topliss-reactive ketones (excluding diaryl/α,β-unsaturated/α-hetero) is 1. The van der Waals surface area contributed by atoms with Gasteiger partial charge in [-0.15, -0.1) is 0 Å². The van der Waals surface area contributed by atoms with Crippen LogP contribution in [0.15, 0.2) is 30.3 Å². The second kappa shape index (κ2) is 3.87. The van der Waals surface area contributed by atoms with Crippen molar-refractivity contribution in [2.24, 2.45) is 0 Å². The Bertz CT molecular complexity index is 460. The van der Waals surface area contributed by atoms with Crippen LogP contribution in [0.2, 0.25) is 0 Å². The third-order valence-corrected chi connectivity index (χ3v) is 3.33. The van der Waals surface area contributed by atoms with Gasteiger partial charge in [0.1, 0.15) is 0 Å². The molecule has 0 aliphatic heterocycles. The Morgan fingerprint density at radius 3 is 2.75 bits per heavy atom. The lowest BCUT2D eigenvalue weighted by Gasteiger charge is -2.31. The maximum Gasteiger partial charge on any atom is 0.166 e. The van der Waals surface area contributed by atoms with Crippen molar-refractivity contribution in [1.29, 1.82) is 0 Å². The molecule has 1 aromatic carbocycles. The van der Waals surface area contributed by atoms with Crippen LogP contribution in [-0.2, 0) is 10.4 Å². The molecule has 0 spiro atoms. The molecule has 1 aromatic rings. The Labute approximate surface area is 95.6 Å². The van der Waals surface area contributed by atoms with Gasteiger partial charge in [0.05, 0.1) is 0 Å². The molecule has 84 valence electrons. The molecule has 1 aliphatic rings. The molecule has 0 saturated carbocycles. The number of rotatable bonds is 2. The topological polar surface area (TPSA) is 37.3 Å². The van der Waals surface area contributed by atoms with Gasteiger partial charge in [0, 0.05) is 6.42 Å². The van der Waals surface area contributed by atoms with Gasteiger partial charge < -0.3 is 5.11 Å². The molecule has 0 bridgehead atoms. The summed E-state index contributed by atoms with van der Waals surface area (Å²) in [6, 6.07) is 7.62. The zero-order valence-electron chi connectivity index (χ0n) is 9.66. The van der Waals surface area contributed by atoms with E-state index in [1.165, 1.54) is 12.5 Å². The summed E-state index contributed by atoms with van der Waals surface area (Å²) in [6.45, 7) is 3.53. The molecule has 0 fully saturated rings. The third kappa shape index (κ3) is 1.50. The Morgan fingerprint density at radius 2 is 2.12 bits per heavy atom. The van der Waals surface area contributed by atoms with E-state index in [1.54, 1.807) is 0 Å². The van der Waals surface area contributed by atoms with E-state index in [0.29, 0.717) is 6.42 Å². The number of hydrogen-bond donors (Lipinski definition) is 1. The molecule has 0 radical (unpaired) electrons. The SMILES string of the molecule is CCC1=CCC(O)(C(C)=O)c2ccccc21. The van der Waals surface area contributed by atoms with Crippen LogP contribution >= 0.6 is 0 Å². The summed E-state index contributed by atoms with van der Waals surface area (Å²) in [7, 11) is 0. The summed E-state index contributed by atoms with van der Waals surface area (Å²) in [5, 5.41) is 10.4. The van der Waals surface area contributed by atoms with Crippen molar-refractivity contribution in [3.63, 3.8) is 0 Å². The van der Waals surface area contributed by atoms with Gasteiger partial charge in [-0.2, -0.15) is 0 Å². The maximum absolute atomic E-state index is 11.6. The summed E-state index contributed by atoms with van der Waals surface area (Å²) < 4.78 is 0. The molecular formula is C14H16O2. The average molecular weight is 216 g/mol. The van der Waals surface area contributed by atoms with E-state index in [0.717, 1.165) is 17.5 Å². The fraction of sp³-hybridized carbons (Fsp3) is 0.357. The number of carbonyl (C=O) groups excluding carboxylic acids is 1. The largest absolute Gasteiger partial charge is 0.377 e. The number of carbonyl (C=O) groups is 1. The van der Waals surface area contributed by atoms with Crippen LogP contribution in [0.4, 0.5) is 0 Å². The van der Waals surface area contributed by atoms with Gasteiger partial charge in [0.2, 0.25) is 0 Å². The number of hydrogen-bond acceptors (Lipinski definition) is 2. The van der Waals surface area contributed by atoms with Crippen LogP contribution in [-0.4, -0.2) is 10.9 Å². The molecule has 0 heterocycles. The Morgan fingerprint density at radius 1 is 1.44 bits per heavy atom. The fourth-order valence-electron chi connectivity index (χ4n) is 2.28. The second-order valence-electron chi connectivity index (χ2n) is 4.25. The van der Waals surface area contributed by atoms with Gasteiger partial charge in [-0.25, -0.2) is 0 Å². The van der Waals surface area contributed by atoms with E-state index in [4.69, 9.17) is 0 Å². The van der Waals surface area contributed by atoms with Crippen molar-refractivity contribution >= 4 is 11.4 Å². The van der Waals surface area contributed by atoms with E-state index >= 15 is 0 Å². The smallest absolute Gasteiger partial charge is 0.166 e. The summed E-state index contributed by atoms with van der Waals surface area (Å²) in [5.41, 5.74) is 1.65. The molecule has 2 heteroatoms. The molecule has 1 aliphatic carbocycles. The number of aliphatic hydroxyl groups is 1. The molecule has 1 atom stereocenters. The highest BCUT2D eigenvalue weighted by Crippen LogP contribution is 2.38. The van der Waals surface area contributed by atoms with Gasteiger partial charge in [0.25, 0.3) is 0 Å². The zero-order chi connectivity index (χ0) is 11.8. The highest BCUT2D eigenvalue weighted by atomic mass is 16.3. The minimum Gasteiger partial charge on any atom is -0.377 e. The minimum absolute atomic E-state index is 0.189. The van der Waals surface area contributed by atoms with Gasteiger partial charge in [-0.1, -0.05) is 37.3 Å². The third-order valence-electron chi connectivity index (χ3n) is 3.33. The fourth-order valence-corrected chi connectivity index (χ4v) is 2.28. The van der Waals surface area contributed by atoms with E-state index in [1.807, 2.05) is 30.3 Å². The summed E-state index contributed by atoms with van der Waals surface area (Å²) in [6.07, 6.45) is 3.29. The molecule has 16 heavy (non-hydrogen) atoms. The van der Waals surface area contributed by atoms with Gasteiger partial charge >= 0.3 is 0 Å². The van der Waals surface area contributed by atoms with Crippen LogP contribution < -0.4 is 0 Å². The highest BCUT2D eigenvalue weighted by Gasteiger charge is 2.38. The molecule has 0 amide bonds. The van der Waals surface area contributed by atoms with E-state index < -0.39 is 5.60 Å². The molecule has 1 unspecified atom stereocenters. The Kier molecular flexibility index (Phi) is 2.68. The average Bonchev–Trinajstić information content (AvgIpc) is 2.30. The quantitative estimate of drug-likeness (QED) is 0.825. The van der Waals surface area contributed by atoms with E-state index in [9.17, 15) is 9.90 Å². The van der Waals surface area contributed by atoms with E-state index in [-0.39, 0.29) is 5.78 Å². The van der Waals surface area contributed by atoms with Crippen LogP contribution in [0.25, 0.3) is 5.57 Å². The van der Waals surface area contributed by atoms with Crippen molar-refractivity contribution in [3.8, 4) is 0 Å². The summed E-state index contributed by atoms with van der Waals surface area (Å²) >= 11 is 0. The Hall–Kier alpha value is -1.41. The lowest BCUT2D eigenvalue weighted by atomic mass is 9.77. The molecular weight excluding hydrogens is 200 g/mol. The number of ketones is 1. The van der Waals surface area contributed by atoms with Crippen molar-refractivity contribution < 1.29 is 9.90 Å². The molecule has 1 N–H and O–H groups in total. The summed E-state index contributed by atoms with van der Waals surface area (Å²) in [4.78, 5) is 11.6. The standard InChI is InChI=1S/C14H16O2/c1-3-11-8-9-14(16,10(2)15)13-7-5-4-6-12(11)13/h4-8,16H,3,9H2,1-2H3. The number of allylic oxidation sites excluding steroid dienone is 1. The number of fused-ring (bicyclic) bond motifs is 1. The van der Waals surface area contributed by atoms with Crippen LogP contribution in [0.3, 0.4) is 0 Å². The molecule has 0 aromatic heterocycles. The second-order valence-corrected chi connectivity index (χ2v) is 4.25. The zero-order valence-corrected chi connectivity index (χ0v) is 9.66. The number of benzene rings is 1. The maximum atomic E-state index is 11.6. The lowest BCUT2D eigenvalue weighted by Crippen LogP contribution is -2.36. The monoisotopic (exact) mass is 216 g/mol. The van der Waals surface area contributed by atoms with Crippen LogP contribution in [0, 0.1) is 0 Å². The first kappa shape index (κ1) is 11.1.